The lowest BCUT2D eigenvalue weighted by Crippen LogP contribution is -2.12. The highest BCUT2D eigenvalue weighted by atomic mass is 79.9. The Morgan fingerprint density at radius 3 is 2.50 bits per heavy atom. The lowest BCUT2D eigenvalue weighted by molar-refractivity contribution is 0.0966. The van der Waals surface area contributed by atoms with E-state index in [1.54, 1.807) is 4.68 Å². The van der Waals surface area contributed by atoms with E-state index in [0.717, 1.165) is 24.5 Å². The van der Waals surface area contributed by atoms with Gasteiger partial charge in [-0.15, -0.1) is 11.3 Å². The Morgan fingerprint density at radius 2 is 2.06 bits per heavy atom. The maximum absolute atomic E-state index is 12.2. The number of nitrogens with zero attached hydrogens (tertiary/aromatic N) is 2. The molecule has 3 nitrogen and oxygen atoms in total. The predicted molar refractivity (Wildman–Crippen MR) is 80.5 cm³/mol. The van der Waals surface area contributed by atoms with Gasteiger partial charge < -0.3 is 0 Å². The summed E-state index contributed by atoms with van der Waals surface area (Å²) < 4.78 is 3.57. The summed E-state index contributed by atoms with van der Waals surface area (Å²) in [4.78, 5) is 12.2. The highest BCUT2D eigenvalue weighted by Gasteiger charge is 2.16. The van der Waals surface area contributed by atoms with Crippen LogP contribution in [0.25, 0.3) is 0 Å². The smallest absolute Gasteiger partial charge is 0.186 e. The number of aromatic nitrogens is 2. The normalized spacial score (nSPS) is 10.9. The molecule has 0 aliphatic carbocycles. The topological polar surface area (TPSA) is 34.9 Å². The number of carbonyl (C=O) groups excluding carboxylic acids is 1. The van der Waals surface area contributed by atoms with E-state index in [9.17, 15) is 4.79 Å². The number of hydrogen-bond donors (Lipinski definition) is 0. The molecule has 0 unspecified atom stereocenters. The predicted octanol–water partition coefficient (Wildman–Crippen LogP) is 4.28. The fourth-order valence-electron chi connectivity index (χ4n) is 1.69. The largest absolute Gasteiger partial charge is 0.292 e. The van der Waals surface area contributed by atoms with E-state index in [-0.39, 0.29) is 12.3 Å². The van der Waals surface area contributed by atoms with Crippen molar-refractivity contribution in [2.45, 2.75) is 27.3 Å². The maximum Gasteiger partial charge on any atom is 0.186 e. The molecular weight excluding hydrogens is 380 g/mol. The summed E-state index contributed by atoms with van der Waals surface area (Å²) in [5.41, 5.74) is 3.88. The SMILES string of the molecule is Cc1nn(CC(=O)c2cc(Br)sc2Br)c(C)c1C. The second-order valence-corrected chi connectivity index (χ2v) is 7.86. The number of rotatable bonds is 3. The molecule has 0 saturated carbocycles. The van der Waals surface area contributed by atoms with Gasteiger partial charge in [0.15, 0.2) is 5.78 Å². The lowest BCUT2D eigenvalue weighted by atomic mass is 10.2. The van der Waals surface area contributed by atoms with E-state index in [2.05, 4.69) is 37.0 Å². The van der Waals surface area contributed by atoms with Crippen LogP contribution in [0.2, 0.25) is 0 Å². The number of hydrogen-bond acceptors (Lipinski definition) is 3. The van der Waals surface area contributed by atoms with Gasteiger partial charge in [-0.3, -0.25) is 9.48 Å². The molecule has 0 amide bonds. The summed E-state index contributed by atoms with van der Waals surface area (Å²) in [6.07, 6.45) is 0. The van der Waals surface area contributed by atoms with Gasteiger partial charge in [0.25, 0.3) is 0 Å². The monoisotopic (exact) mass is 390 g/mol. The van der Waals surface area contributed by atoms with Crippen molar-refractivity contribution in [3.05, 3.63) is 36.2 Å². The molecule has 0 spiro atoms. The zero-order valence-electron chi connectivity index (χ0n) is 10.3. The second kappa shape index (κ2) is 5.27. The van der Waals surface area contributed by atoms with Crippen LogP contribution in [0.4, 0.5) is 0 Å². The zero-order chi connectivity index (χ0) is 13.4. The molecule has 2 rings (SSSR count). The quantitative estimate of drug-likeness (QED) is 0.732. The highest BCUT2D eigenvalue weighted by Crippen LogP contribution is 2.32. The molecule has 2 heterocycles. The first-order valence-corrected chi connectivity index (χ1v) is 7.79. The number of carbonyl (C=O) groups is 1. The first kappa shape index (κ1) is 14.0. The Kier molecular flexibility index (Phi) is 4.08. The molecule has 0 saturated heterocycles. The molecule has 0 aliphatic rings. The highest BCUT2D eigenvalue weighted by molar-refractivity contribution is 9.12. The van der Waals surface area contributed by atoms with Crippen LogP contribution in [0.5, 0.6) is 0 Å². The number of ketones is 1. The van der Waals surface area contributed by atoms with E-state index in [4.69, 9.17) is 0 Å². The number of halogens is 2. The Bertz CT molecular complexity index is 616. The second-order valence-electron chi connectivity index (χ2n) is 4.11. The summed E-state index contributed by atoms with van der Waals surface area (Å²) in [6.45, 7) is 6.25. The van der Waals surface area contributed by atoms with Gasteiger partial charge >= 0.3 is 0 Å². The molecule has 6 heteroatoms. The average Bonchev–Trinajstić information content (AvgIpc) is 2.75. The van der Waals surface area contributed by atoms with Crippen molar-refractivity contribution in [2.75, 3.05) is 0 Å². The van der Waals surface area contributed by atoms with Gasteiger partial charge in [0, 0.05) is 11.3 Å². The number of Topliss-reactive ketones (excluding diaryl/α,β-unsaturated/α-hetero) is 1. The van der Waals surface area contributed by atoms with Crippen molar-refractivity contribution >= 4 is 49.0 Å². The van der Waals surface area contributed by atoms with Gasteiger partial charge in [0.1, 0.15) is 6.54 Å². The van der Waals surface area contributed by atoms with E-state index >= 15 is 0 Å². The van der Waals surface area contributed by atoms with Crippen LogP contribution >= 0.6 is 43.2 Å². The van der Waals surface area contributed by atoms with Crippen molar-refractivity contribution < 1.29 is 4.79 Å². The fraction of sp³-hybridized carbons (Fsp3) is 0.333. The summed E-state index contributed by atoms with van der Waals surface area (Å²) in [6, 6.07) is 1.84. The molecule has 0 atom stereocenters. The van der Waals surface area contributed by atoms with E-state index in [0.29, 0.717) is 5.56 Å². The van der Waals surface area contributed by atoms with Crippen molar-refractivity contribution in [3.63, 3.8) is 0 Å². The molecule has 0 N–H and O–H groups in total. The van der Waals surface area contributed by atoms with Crippen LogP contribution in [0.15, 0.2) is 13.6 Å². The molecule has 0 aromatic carbocycles. The third-order valence-electron chi connectivity index (χ3n) is 2.99. The van der Waals surface area contributed by atoms with Crippen LogP contribution in [-0.4, -0.2) is 15.6 Å². The van der Waals surface area contributed by atoms with Crippen molar-refractivity contribution in [2.24, 2.45) is 0 Å². The molecule has 0 radical (unpaired) electrons. The summed E-state index contributed by atoms with van der Waals surface area (Å²) in [5.74, 6) is 0.0643. The van der Waals surface area contributed by atoms with Crippen LogP contribution in [0, 0.1) is 20.8 Å². The molecule has 0 aliphatic heterocycles. The third-order valence-corrected chi connectivity index (χ3v) is 5.33. The summed E-state index contributed by atoms with van der Waals surface area (Å²) >= 11 is 8.29. The van der Waals surface area contributed by atoms with E-state index in [1.807, 2.05) is 26.8 Å². The van der Waals surface area contributed by atoms with Crippen LogP contribution in [0.3, 0.4) is 0 Å². The number of thiophene rings is 1. The summed E-state index contributed by atoms with van der Waals surface area (Å²) in [5, 5.41) is 4.38. The van der Waals surface area contributed by atoms with Gasteiger partial charge in [0.05, 0.1) is 13.3 Å². The maximum atomic E-state index is 12.2. The Labute approximate surface area is 126 Å². The first-order valence-electron chi connectivity index (χ1n) is 5.38. The van der Waals surface area contributed by atoms with E-state index in [1.165, 1.54) is 11.3 Å². The molecule has 2 aromatic rings. The summed E-state index contributed by atoms with van der Waals surface area (Å²) in [7, 11) is 0. The van der Waals surface area contributed by atoms with Gasteiger partial charge in [-0.2, -0.15) is 5.10 Å². The van der Waals surface area contributed by atoms with Crippen LogP contribution < -0.4 is 0 Å². The van der Waals surface area contributed by atoms with Gasteiger partial charge in [-0.05, 0) is 64.3 Å². The zero-order valence-corrected chi connectivity index (χ0v) is 14.2. The van der Waals surface area contributed by atoms with Crippen molar-refractivity contribution in [3.8, 4) is 0 Å². The first-order chi connectivity index (χ1) is 8.40. The molecule has 0 fully saturated rings. The van der Waals surface area contributed by atoms with Crippen LogP contribution in [-0.2, 0) is 6.54 Å². The molecule has 0 bridgehead atoms. The van der Waals surface area contributed by atoms with Gasteiger partial charge in [0.2, 0.25) is 0 Å². The van der Waals surface area contributed by atoms with Crippen molar-refractivity contribution in [1.82, 2.24) is 9.78 Å². The average molecular weight is 392 g/mol. The van der Waals surface area contributed by atoms with E-state index < -0.39 is 0 Å². The Morgan fingerprint density at radius 1 is 1.39 bits per heavy atom. The molecule has 2 aromatic heterocycles. The molecule has 18 heavy (non-hydrogen) atoms. The standard InChI is InChI=1S/C12H12Br2N2OS/c1-6-7(2)15-16(8(6)3)5-10(17)9-4-11(13)18-12(9)14/h4H,5H2,1-3H3. The minimum absolute atomic E-state index is 0.0643. The third kappa shape index (κ3) is 2.60. The number of aryl methyl sites for hydroxylation is 1. The fourth-order valence-corrected chi connectivity index (χ4v) is 4.55. The minimum atomic E-state index is 0.0643. The lowest BCUT2D eigenvalue weighted by Gasteiger charge is -2.03. The van der Waals surface area contributed by atoms with Crippen LogP contribution in [0.1, 0.15) is 27.3 Å². The Hall–Kier alpha value is -0.460. The van der Waals surface area contributed by atoms with Crippen molar-refractivity contribution in [1.29, 1.82) is 0 Å². The molecule has 96 valence electrons. The van der Waals surface area contributed by atoms with Gasteiger partial charge in [-0.25, -0.2) is 0 Å². The Balaban J connectivity index is 2.27. The minimum Gasteiger partial charge on any atom is -0.292 e. The molecular formula is C12H12Br2N2OS. The van der Waals surface area contributed by atoms with Gasteiger partial charge in [-0.1, -0.05) is 0 Å².